The van der Waals surface area contributed by atoms with Gasteiger partial charge in [-0.1, -0.05) is 51.9 Å². The van der Waals surface area contributed by atoms with Gasteiger partial charge in [-0.2, -0.15) is 0 Å². The summed E-state index contributed by atoms with van der Waals surface area (Å²) in [5, 5.41) is 8.95. The highest BCUT2D eigenvalue weighted by Gasteiger charge is 1.95. The van der Waals surface area contributed by atoms with Crippen LogP contribution in [0.5, 0.6) is 0 Å². The molecular weight excluding hydrogens is 216 g/mol. The van der Waals surface area contributed by atoms with E-state index in [0.717, 1.165) is 13.0 Å². The first-order valence-corrected chi connectivity index (χ1v) is 6.86. The summed E-state index contributed by atoms with van der Waals surface area (Å²) in [5.74, 6) is 8.00. The summed E-state index contributed by atoms with van der Waals surface area (Å²) in [6.07, 6.45) is 10.3. The highest BCUT2D eigenvalue weighted by Crippen LogP contribution is 2.08. The highest BCUT2D eigenvalue weighted by molar-refractivity contribution is 4.46. The third kappa shape index (κ3) is 21.6. The molecule has 0 heterocycles. The molecule has 0 aromatic heterocycles. The Hall–Kier alpha value is -0.160. The number of ether oxygens (including phenoxy) is 1. The van der Waals surface area contributed by atoms with E-state index in [1.165, 1.54) is 44.9 Å². The second-order valence-corrected chi connectivity index (χ2v) is 4.40. The van der Waals surface area contributed by atoms with Crippen LogP contribution in [0.4, 0.5) is 0 Å². The van der Waals surface area contributed by atoms with E-state index in [1.54, 1.807) is 6.92 Å². The molecule has 0 aliphatic rings. The van der Waals surface area contributed by atoms with E-state index in [4.69, 9.17) is 9.84 Å². The Balaban J connectivity index is 0. The smallest absolute Gasteiger partial charge is 0.0745 e. The zero-order chi connectivity index (χ0) is 13.4. The van der Waals surface area contributed by atoms with E-state index in [2.05, 4.69) is 18.6 Å². The summed E-state index contributed by atoms with van der Waals surface area (Å²) in [7, 11) is 0. The van der Waals surface area contributed by atoms with Crippen LogP contribution in [-0.2, 0) is 4.74 Å². The van der Waals surface area contributed by atoms with Gasteiger partial charge in [0, 0.05) is 6.61 Å². The second-order valence-electron chi connectivity index (χ2n) is 4.40. The number of nitrogens with two attached hydrogens (primary N) is 2. The molecule has 5 N–H and O–H groups in total. The van der Waals surface area contributed by atoms with Crippen molar-refractivity contribution in [3.63, 3.8) is 0 Å². The van der Waals surface area contributed by atoms with Gasteiger partial charge in [0.05, 0.1) is 12.7 Å². The first-order chi connectivity index (χ1) is 8.27. The number of hydrogen-bond donors (Lipinski definition) is 3. The fourth-order valence-electron chi connectivity index (χ4n) is 1.59. The summed E-state index contributed by atoms with van der Waals surface area (Å²) in [6.45, 7) is 5.30. The predicted octanol–water partition coefficient (Wildman–Crippen LogP) is 2.34. The van der Waals surface area contributed by atoms with Crippen molar-refractivity contribution in [2.24, 2.45) is 11.7 Å². The number of aliphatic hydroxyl groups excluding tert-OH is 1. The molecule has 0 saturated carbocycles. The Kier molecular flexibility index (Phi) is 20.6. The molecule has 4 nitrogen and oxygen atoms in total. The van der Waals surface area contributed by atoms with E-state index in [-0.39, 0.29) is 6.10 Å². The monoisotopic (exact) mass is 248 g/mol. The maximum Gasteiger partial charge on any atom is 0.0745 e. The molecule has 1 atom stereocenters. The Morgan fingerprint density at radius 1 is 0.941 bits per heavy atom. The van der Waals surface area contributed by atoms with Crippen LogP contribution < -0.4 is 11.7 Å². The minimum absolute atomic E-state index is 0.320. The van der Waals surface area contributed by atoms with Crippen molar-refractivity contribution in [2.45, 2.75) is 71.3 Å². The standard InChI is InChI=1S/C13H28O2.H4N2/c1-3-4-5-6-7-8-9-10-11-15-12-13(2)14;1-2/h13-14H,3-12H2,1-2H3;1-2H2. The molecule has 17 heavy (non-hydrogen) atoms. The normalized spacial score (nSPS) is 11.8. The Bertz CT molecular complexity index is 122. The summed E-state index contributed by atoms with van der Waals surface area (Å²) in [5.41, 5.74) is 0. The zero-order valence-corrected chi connectivity index (χ0v) is 11.7. The number of unbranched alkanes of at least 4 members (excludes halogenated alkanes) is 7. The maximum absolute atomic E-state index is 8.95. The van der Waals surface area contributed by atoms with Crippen molar-refractivity contribution in [1.29, 1.82) is 0 Å². The van der Waals surface area contributed by atoms with Crippen molar-refractivity contribution < 1.29 is 9.84 Å². The number of hydrogen-bond acceptors (Lipinski definition) is 4. The minimum Gasteiger partial charge on any atom is -0.391 e. The van der Waals surface area contributed by atoms with E-state index in [1.807, 2.05) is 0 Å². The lowest BCUT2D eigenvalue weighted by atomic mass is 10.1. The van der Waals surface area contributed by atoms with Gasteiger partial charge >= 0.3 is 0 Å². The largest absolute Gasteiger partial charge is 0.391 e. The fraction of sp³-hybridized carbons (Fsp3) is 1.00. The summed E-state index contributed by atoms with van der Waals surface area (Å²) in [6, 6.07) is 0. The molecule has 0 radical (unpaired) electrons. The van der Waals surface area contributed by atoms with Crippen LogP contribution in [0.3, 0.4) is 0 Å². The lowest BCUT2D eigenvalue weighted by Crippen LogP contribution is -2.10. The average molecular weight is 248 g/mol. The molecule has 0 amide bonds. The van der Waals surface area contributed by atoms with Gasteiger partial charge in [-0.25, -0.2) is 0 Å². The van der Waals surface area contributed by atoms with Crippen molar-refractivity contribution in [1.82, 2.24) is 0 Å². The molecule has 0 spiro atoms. The molecular formula is C13H32N2O2. The molecule has 0 aliphatic heterocycles. The van der Waals surface area contributed by atoms with Crippen LogP contribution in [0.25, 0.3) is 0 Å². The summed E-state index contributed by atoms with van der Waals surface area (Å²) in [4.78, 5) is 0. The summed E-state index contributed by atoms with van der Waals surface area (Å²) < 4.78 is 5.29. The molecule has 1 unspecified atom stereocenters. The number of hydrazine groups is 1. The lowest BCUT2D eigenvalue weighted by molar-refractivity contribution is 0.0445. The van der Waals surface area contributed by atoms with Crippen LogP contribution in [0.1, 0.15) is 65.2 Å². The van der Waals surface area contributed by atoms with Crippen LogP contribution in [-0.4, -0.2) is 24.4 Å². The number of aliphatic hydroxyl groups is 1. The molecule has 0 aromatic carbocycles. The van der Waals surface area contributed by atoms with E-state index >= 15 is 0 Å². The minimum atomic E-state index is -0.320. The molecule has 0 fully saturated rings. The molecule has 106 valence electrons. The van der Waals surface area contributed by atoms with Gasteiger partial charge in [-0.05, 0) is 13.3 Å². The van der Waals surface area contributed by atoms with E-state index < -0.39 is 0 Å². The number of rotatable bonds is 11. The SMILES string of the molecule is CCCCCCCCCCOCC(C)O.NN. The third-order valence-corrected chi connectivity index (χ3v) is 2.50. The fourth-order valence-corrected chi connectivity index (χ4v) is 1.59. The first-order valence-electron chi connectivity index (χ1n) is 6.86. The predicted molar refractivity (Wildman–Crippen MR) is 73.5 cm³/mol. The Labute approximate surface area is 107 Å². The first kappa shape index (κ1) is 19.2. The topological polar surface area (TPSA) is 81.5 Å². The van der Waals surface area contributed by atoms with Crippen LogP contribution in [0.2, 0.25) is 0 Å². The molecule has 4 heteroatoms. The van der Waals surface area contributed by atoms with Gasteiger partial charge in [-0.3, -0.25) is 11.7 Å². The van der Waals surface area contributed by atoms with E-state index in [9.17, 15) is 0 Å². The van der Waals surface area contributed by atoms with Crippen molar-refractivity contribution in [2.75, 3.05) is 13.2 Å². The van der Waals surface area contributed by atoms with Gasteiger partial charge in [0.1, 0.15) is 0 Å². The van der Waals surface area contributed by atoms with Crippen molar-refractivity contribution in [3.8, 4) is 0 Å². The lowest BCUT2D eigenvalue weighted by Gasteiger charge is -2.05. The Morgan fingerprint density at radius 2 is 1.41 bits per heavy atom. The summed E-state index contributed by atoms with van der Waals surface area (Å²) >= 11 is 0. The zero-order valence-electron chi connectivity index (χ0n) is 11.7. The van der Waals surface area contributed by atoms with Crippen molar-refractivity contribution >= 4 is 0 Å². The molecule has 0 rings (SSSR count). The molecule has 0 aromatic rings. The average Bonchev–Trinajstić information content (AvgIpc) is 2.34. The van der Waals surface area contributed by atoms with Gasteiger partial charge < -0.3 is 9.84 Å². The van der Waals surface area contributed by atoms with Gasteiger partial charge in [0.25, 0.3) is 0 Å². The van der Waals surface area contributed by atoms with Crippen LogP contribution in [0, 0.1) is 0 Å². The van der Waals surface area contributed by atoms with Crippen molar-refractivity contribution in [3.05, 3.63) is 0 Å². The van der Waals surface area contributed by atoms with Crippen LogP contribution in [0.15, 0.2) is 0 Å². The third-order valence-electron chi connectivity index (χ3n) is 2.50. The van der Waals surface area contributed by atoms with Gasteiger partial charge in [0.15, 0.2) is 0 Å². The van der Waals surface area contributed by atoms with Gasteiger partial charge in [-0.15, -0.1) is 0 Å². The quantitative estimate of drug-likeness (QED) is 0.298. The van der Waals surface area contributed by atoms with Gasteiger partial charge in [0.2, 0.25) is 0 Å². The Morgan fingerprint density at radius 3 is 1.88 bits per heavy atom. The molecule has 0 aliphatic carbocycles. The maximum atomic E-state index is 8.95. The van der Waals surface area contributed by atoms with E-state index in [0.29, 0.717) is 6.61 Å². The molecule has 0 saturated heterocycles. The molecule has 0 bridgehead atoms. The highest BCUT2D eigenvalue weighted by atomic mass is 16.5. The van der Waals surface area contributed by atoms with Crippen LogP contribution >= 0.6 is 0 Å². The second kappa shape index (κ2) is 18.2.